The lowest BCUT2D eigenvalue weighted by Gasteiger charge is -2.14. The molecule has 6 heteroatoms. The second-order valence-electron chi connectivity index (χ2n) is 4.89. The number of hydrogen-bond donors (Lipinski definition) is 2. The Morgan fingerprint density at radius 3 is 2.65 bits per heavy atom. The van der Waals surface area contributed by atoms with E-state index in [1.165, 1.54) is 12.1 Å². The first kappa shape index (κ1) is 14.5. The molecule has 0 radical (unpaired) electrons. The Hall–Kier alpha value is -1.95. The van der Waals surface area contributed by atoms with E-state index in [0.717, 1.165) is 11.3 Å². The maximum Gasteiger partial charge on any atom is 0.325 e. The Balaban J connectivity index is 2.15. The number of urea groups is 1. The fraction of sp³-hybridized carbons (Fsp3) is 0.429. The number of nitrogens with one attached hydrogen (secondary N) is 1. The molecule has 3 N–H and O–H groups in total. The first-order valence-electron chi connectivity index (χ1n) is 6.65. The molecule has 1 aromatic rings. The molecule has 1 unspecified atom stereocenters. The van der Waals surface area contributed by atoms with Crippen molar-refractivity contribution in [3.63, 3.8) is 0 Å². The minimum atomic E-state index is -0.463. The van der Waals surface area contributed by atoms with Gasteiger partial charge in [0, 0.05) is 6.54 Å². The molecular formula is C14H18FN3O2. The Morgan fingerprint density at radius 1 is 1.30 bits per heavy atom. The van der Waals surface area contributed by atoms with Gasteiger partial charge >= 0.3 is 6.03 Å². The zero-order chi connectivity index (χ0) is 14.7. The molecule has 20 heavy (non-hydrogen) atoms. The first-order valence-corrected chi connectivity index (χ1v) is 6.65. The van der Waals surface area contributed by atoms with Crippen LogP contribution in [0.15, 0.2) is 18.2 Å². The summed E-state index contributed by atoms with van der Waals surface area (Å²) in [5, 5.41) is 2.64. The molecule has 0 aliphatic carbocycles. The Morgan fingerprint density at radius 2 is 2.00 bits per heavy atom. The van der Waals surface area contributed by atoms with Gasteiger partial charge in [0.25, 0.3) is 5.91 Å². The minimum Gasteiger partial charge on any atom is -0.326 e. The van der Waals surface area contributed by atoms with Crippen LogP contribution in [-0.4, -0.2) is 22.9 Å². The van der Waals surface area contributed by atoms with Gasteiger partial charge in [-0.2, -0.15) is 0 Å². The lowest BCUT2D eigenvalue weighted by Crippen LogP contribution is -2.31. The highest BCUT2D eigenvalue weighted by Gasteiger charge is 2.37. The standard InChI is InChI=1S/C14H18FN3O2/c1-2-3-12-13(19)18(14(20)17-12)8-10-4-9(7-16)5-11(15)6-10/h4-6,12H,2-3,7-8,16H2,1H3,(H,17,20). The normalized spacial score (nSPS) is 18.6. The van der Waals surface area contributed by atoms with Gasteiger partial charge in [-0.05, 0) is 29.7 Å². The second kappa shape index (κ2) is 6.00. The summed E-state index contributed by atoms with van der Waals surface area (Å²) in [5.74, 6) is -0.671. The number of benzene rings is 1. The van der Waals surface area contributed by atoms with Gasteiger partial charge in [-0.15, -0.1) is 0 Å². The summed E-state index contributed by atoms with van der Waals surface area (Å²) in [7, 11) is 0. The van der Waals surface area contributed by atoms with E-state index in [2.05, 4.69) is 5.32 Å². The number of imide groups is 1. The molecule has 5 nitrogen and oxygen atoms in total. The molecule has 1 saturated heterocycles. The third-order valence-corrected chi connectivity index (χ3v) is 3.28. The van der Waals surface area contributed by atoms with Crippen LogP contribution in [0.2, 0.25) is 0 Å². The topological polar surface area (TPSA) is 75.4 Å². The van der Waals surface area contributed by atoms with Gasteiger partial charge in [-0.25, -0.2) is 9.18 Å². The van der Waals surface area contributed by atoms with E-state index < -0.39 is 17.9 Å². The molecule has 0 saturated carbocycles. The maximum atomic E-state index is 13.4. The number of halogens is 1. The summed E-state index contributed by atoms with van der Waals surface area (Å²) in [6, 6.07) is 3.47. The Kier molecular flexibility index (Phi) is 4.34. The molecule has 0 spiro atoms. The van der Waals surface area contributed by atoms with E-state index in [-0.39, 0.29) is 19.0 Å². The van der Waals surface area contributed by atoms with E-state index in [0.29, 0.717) is 17.5 Å². The summed E-state index contributed by atoms with van der Waals surface area (Å²) in [6.07, 6.45) is 1.42. The van der Waals surface area contributed by atoms with Crippen LogP contribution in [0, 0.1) is 5.82 Å². The number of carbonyl (C=O) groups excluding carboxylic acids is 2. The summed E-state index contributed by atoms with van der Waals surface area (Å²) in [5.41, 5.74) is 6.68. The van der Waals surface area contributed by atoms with E-state index in [4.69, 9.17) is 5.73 Å². The van der Waals surface area contributed by atoms with Gasteiger partial charge < -0.3 is 11.1 Å². The van der Waals surface area contributed by atoms with Crippen LogP contribution >= 0.6 is 0 Å². The van der Waals surface area contributed by atoms with Gasteiger partial charge in [0.15, 0.2) is 0 Å². The molecule has 1 aliphatic rings. The lowest BCUT2D eigenvalue weighted by atomic mass is 10.1. The van der Waals surface area contributed by atoms with Crippen LogP contribution in [0.5, 0.6) is 0 Å². The van der Waals surface area contributed by atoms with E-state index >= 15 is 0 Å². The van der Waals surface area contributed by atoms with E-state index in [9.17, 15) is 14.0 Å². The number of amides is 3. The average Bonchev–Trinajstić information content (AvgIpc) is 2.66. The predicted molar refractivity (Wildman–Crippen MR) is 72.1 cm³/mol. The van der Waals surface area contributed by atoms with Crippen molar-refractivity contribution < 1.29 is 14.0 Å². The highest BCUT2D eigenvalue weighted by Crippen LogP contribution is 2.17. The molecule has 1 aromatic carbocycles. The second-order valence-corrected chi connectivity index (χ2v) is 4.89. The minimum absolute atomic E-state index is 0.0651. The van der Waals surface area contributed by atoms with Crippen LogP contribution in [0.3, 0.4) is 0 Å². The molecule has 1 aliphatic heterocycles. The number of hydrogen-bond acceptors (Lipinski definition) is 3. The van der Waals surface area contributed by atoms with Crippen LogP contribution in [0.25, 0.3) is 0 Å². The molecule has 108 valence electrons. The summed E-state index contributed by atoms with van der Waals surface area (Å²) >= 11 is 0. The van der Waals surface area contributed by atoms with E-state index in [1.54, 1.807) is 6.07 Å². The monoisotopic (exact) mass is 279 g/mol. The zero-order valence-electron chi connectivity index (χ0n) is 11.4. The number of carbonyl (C=O) groups is 2. The van der Waals surface area contributed by atoms with Gasteiger partial charge in [0.1, 0.15) is 11.9 Å². The van der Waals surface area contributed by atoms with Gasteiger partial charge in [0.05, 0.1) is 6.54 Å². The largest absolute Gasteiger partial charge is 0.326 e. The summed E-state index contributed by atoms with van der Waals surface area (Å²) in [4.78, 5) is 25.0. The fourth-order valence-corrected chi connectivity index (χ4v) is 2.32. The van der Waals surface area contributed by atoms with Crippen molar-refractivity contribution >= 4 is 11.9 Å². The number of nitrogens with zero attached hydrogens (tertiary/aromatic N) is 1. The van der Waals surface area contributed by atoms with E-state index in [1.807, 2.05) is 6.92 Å². The molecule has 1 heterocycles. The molecule has 1 fully saturated rings. The Labute approximate surface area is 116 Å². The molecular weight excluding hydrogens is 261 g/mol. The first-order chi connectivity index (χ1) is 9.55. The predicted octanol–water partition coefficient (Wildman–Crippen LogP) is 1.50. The van der Waals surface area contributed by atoms with Crippen molar-refractivity contribution in [2.45, 2.75) is 38.9 Å². The quantitative estimate of drug-likeness (QED) is 0.802. The average molecular weight is 279 g/mol. The molecule has 2 rings (SSSR count). The van der Waals surface area contributed by atoms with Gasteiger partial charge in [-0.1, -0.05) is 19.4 Å². The highest BCUT2D eigenvalue weighted by molar-refractivity contribution is 6.04. The van der Waals surface area contributed by atoms with Crippen LogP contribution in [0.4, 0.5) is 9.18 Å². The van der Waals surface area contributed by atoms with Crippen molar-refractivity contribution in [1.29, 1.82) is 0 Å². The third-order valence-electron chi connectivity index (χ3n) is 3.28. The Bertz CT molecular complexity index is 533. The van der Waals surface area contributed by atoms with Crippen molar-refractivity contribution in [3.8, 4) is 0 Å². The smallest absolute Gasteiger partial charge is 0.325 e. The van der Waals surface area contributed by atoms with Crippen LogP contribution in [-0.2, 0) is 17.9 Å². The molecule has 3 amide bonds. The maximum absolute atomic E-state index is 13.4. The van der Waals surface area contributed by atoms with Crippen LogP contribution < -0.4 is 11.1 Å². The summed E-state index contributed by atoms with van der Waals surface area (Å²) < 4.78 is 13.4. The SMILES string of the molecule is CCCC1NC(=O)N(Cc2cc(F)cc(CN)c2)C1=O. The highest BCUT2D eigenvalue weighted by atomic mass is 19.1. The van der Waals surface area contributed by atoms with Gasteiger partial charge in [0.2, 0.25) is 0 Å². The van der Waals surface area contributed by atoms with Crippen molar-refractivity contribution in [1.82, 2.24) is 10.2 Å². The molecule has 1 atom stereocenters. The van der Waals surface area contributed by atoms with Crippen molar-refractivity contribution in [3.05, 3.63) is 35.1 Å². The summed E-state index contributed by atoms with van der Waals surface area (Å²) in [6.45, 7) is 2.22. The number of rotatable bonds is 5. The third kappa shape index (κ3) is 2.96. The fourth-order valence-electron chi connectivity index (χ4n) is 2.32. The van der Waals surface area contributed by atoms with Crippen molar-refractivity contribution in [2.24, 2.45) is 5.73 Å². The lowest BCUT2D eigenvalue weighted by molar-refractivity contribution is -0.128. The van der Waals surface area contributed by atoms with Gasteiger partial charge in [-0.3, -0.25) is 9.69 Å². The van der Waals surface area contributed by atoms with Crippen LogP contribution in [0.1, 0.15) is 30.9 Å². The molecule has 0 aromatic heterocycles. The van der Waals surface area contributed by atoms with Crippen molar-refractivity contribution in [2.75, 3.05) is 0 Å². The molecule has 0 bridgehead atoms. The number of nitrogens with two attached hydrogens (primary N) is 1. The zero-order valence-corrected chi connectivity index (χ0v) is 11.4.